The van der Waals surface area contributed by atoms with Gasteiger partial charge in [-0.05, 0) is 49.7 Å². The van der Waals surface area contributed by atoms with Gasteiger partial charge in [0.05, 0.1) is 17.8 Å². The van der Waals surface area contributed by atoms with E-state index >= 15 is 0 Å². The van der Waals surface area contributed by atoms with E-state index in [-0.39, 0.29) is 29.6 Å². The van der Waals surface area contributed by atoms with Gasteiger partial charge < -0.3 is 14.1 Å². The van der Waals surface area contributed by atoms with Crippen molar-refractivity contribution in [1.82, 2.24) is 14.7 Å². The Hall–Kier alpha value is -3.15. The number of nitrogens with one attached hydrogen (secondary N) is 1. The third kappa shape index (κ3) is 2.77. The van der Waals surface area contributed by atoms with E-state index in [1.54, 1.807) is 12.1 Å². The van der Waals surface area contributed by atoms with Crippen molar-refractivity contribution in [3.8, 4) is 0 Å². The van der Waals surface area contributed by atoms with Gasteiger partial charge in [-0.1, -0.05) is 6.07 Å². The number of carbonyl (C=O) groups excluding carboxylic acids is 1. The van der Waals surface area contributed by atoms with Crippen molar-refractivity contribution in [2.75, 3.05) is 0 Å². The van der Waals surface area contributed by atoms with Crippen LogP contribution in [-0.4, -0.2) is 15.3 Å². The van der Waals surface area contributed by atoms with Crippen LogP contribution in [0.1, 0.15) is 36.9 Å². The Bertz CT molecular complexity index is 1160. The molecule has 1 aromatic carbocycles. The maximum atomic E-state index is 13.3. The molecule has 1 amide bonds. The molecule has 0 bridgehead atoms. The SMILES string of the molecule is CC(NC(=O)C1CC1c1ncc2ccccn12)c1cc2cc(F)ccc2o1. The Morgan fingerprint density at radius 3 is 3.11 bits per heavy atom. The first-order valence-electron chi connectivity index (χ1n) is 9.01. The van der Waals surface area contributed by atoms with Crippen LogP contribution in [0.5, 0.6) is 0 Å². The van der Waals surface area contributed by atoms with Gasteiger partial charge in [0, 0.05) is 23.4 Å². The summed E-state index contributed by atoms with van der Waals surface area (Å²) in [6.07, 6.45) is 4.60. The zero-order valence-corrected chi connectivity index (χ0v) is 14.7. The molecule has 3 aromatic heterocycles. The van der Waals surface area contributed by atoms with Crippen LogP contribution < -0.4 is 5.32 Å². The van der Waals surface area contributed by atoms with E-state index in [2.05, 4.69) is 10.3 Å². The number of halogens is 1. The summed E-state index contributed by atoms with van der Waals surface area (Å²) in [4.78, 5) is 17.1. The van der Waals surface area contributed by atoms with Gasteiger partial charge in [-0.2, -0.15) is 0 Å². The minimum atomic E-state index is -0.306. The standard InChI is InChI=1S/C21H18FN3O2/c1-12(19-9-13-8-14(22)5-6-18(13)27-19)24-21(26)17-10-16(17)20-23-11-15-4-2-3-7-25(15)20/h2-9,11-12,16-17H,10H2,1H3,(H,24,26). The molecule has 136 valence electrons. The van der Waals surface area contributed by atoms with Crippen molar-refractivity contribution in [2.24, 2.45) is 5.92 Å². The van der Waals surface area contributed by atoms with Crippen molar-refractivity contribution in [3.63, 3.8) is 0 Å². The maximum absolute atomic E-state index is 13.3. The highest BCUT2D eigenvalue weighted by molar-refractivity contribution is 5.83. The summed E-state index contributed by atoms with van der Waals surface area (Å²) in [6.45, 7) is 1.87. The zero-order valence-electron chi connectivity index (χ0n) is 14.7. The minimum absolute atomic E-state index is 0.00758. The number of benzene rings is 1. The molecule has 0 spiro atoms. The number of aromatic nitrogens is 2. The van der Waals surface area contributed by atoms with Crippen LogP contribution in [0.3, 0.4) is 0 Å². The van der Waals surface area contributed by atoms with Crippen LogP contribution in [0, 0.1) is 11.7 Å². The predicted octanol–water partition coefficient (Wildman–Crippen LogP) is 4.20. The molecule has 1 fully saturated rings. The topological polar surface area (TPSA) is 59.5 Å². The number of hydrogen-bond acceptors (Lipinski definition) is 3. The van der Waals surface area contributed by atoms with E-state index in [9.17, 15) is 9.18 Å². The molecular weight excluding hydrogens is 345 g/mol. The molecule has 3 atom stereocenters. The summed E-state index contributed by atoms with van der Waals surface area (Å²) >= 11 is 0. The van der Waals surface area contributed by atoms with Gasteiger partial charge in [-0.25, -0.2) is 9.37 Å². The van der Waals surface area contributed by atoms with E-state index in [1.807, 2.05) is 41.9 Å². The van der Waals surface area contributed by atoms with Gasteiger partial charge in [0.1, 0.15) is 23.0 Å². The summed E-state index contributed by atoms with van der Waals surface area (Å²) in [5.74, 6) is 1.28. The number of fused-ring (bicyclic) bond motifs is 2. The lowest BCUT2D eigenvalue weighted by Gasteiger charge is -2.11. The Morgan fingerprint density at radius 1 is 1.33 bits per heavy atom. The summed E-state index contributed by atoms with van der Waals surface area (Å²) in [5, 5.41) is 3.70. The molecule has 0 saturated heterocycles. The van der Waals surface area contributed by atoms with Gasteiger partial charge in [0.25, 0.3) is 0 Å². The summed E-state index contributed by atoms with van der Waals surface area (Å²) in [7, 11) is 0. The van der Waals surface area contributed by atoms with Gasteiger partial charge in [-0.3, -0.25) is 4.79 Å². The van der Waals surface area contributed by atoms with E-state index in [1.165, 1.54) is 12.1 Å². The normalized spacial score (nSPS) is 20.1. The van der Waals surface area contributed by atoms with Crippen LogP contribution in [0.2, 0.25) is 0 Å². The van der Waals surface area contributed by atoms with Gasteiger partial charge >= 0.3 is 0 Å². The average molecular weight is 363 g/mol. The minimum Gasteiger partial charge on any atom is -0.459 e. The first-order valence-corrected chi connectivity index (χ1v) is 9.01. The molecule has 0 aliphatic heterocycles. The lowest BCUT2D eigenvalue weighted by molar-refractivity contribution is -0.123. The van der Waals surface area contributed by atoms with Crippen LogP contribution >= 0.6 is 0 Å². The lowest BCUT2D eigenvalue weighted by atomic mass is 10.2. The number of carbonyl (C=O) groups is 1. The Kier molecular flexibility index (Phi) is 3.53. The maximum Gasteiger partial charge on any atom is 0.224 e. The molecule has 27 heavy (non-hydrogen) atoms. The van der Waals surface area contributed by atoms with Gasteiger partial charge in [-0.15, -0.1) is 0 Å². The third-order valence-electron chi connectivity index (χ3n) is 5.21. The Morgan fingerprint density at radius 2 is 2.22 bits per heavy atom. The molecule has 3 unspecified atom stereocenters. The average Bonchev–Trinajstić information content (AvgIpc) is 3.16. The molecule has 1 saturated carbocycles. The van der Waals surface area contributed by atoms with E-state index < -0.39 is 0 Å². The molecule has 6 heteroatoms. The van der Waals surface area contributed by atoms with E-state index in [0.29, 0.717) is 16.7 Å². The van der Waals surface area contributed by atoms with Crippen LogP contribution in [0.15, 0.2) is 59.3 Å². The summed E-state index contributed by atoms with van der Waals surface area (Å²) in [6, 6.07) is 11.8. The van der Waals surface area contributed by atoms with Crippen molar-refractivity contribution < 1.29 is 13.6 Å². The zero-order chi connectivity index (χ0) is 18.5. The van der Waals surface area contributed by atoms with Crippen LogP contribution in [0.25, 0.3) is 16.5 Å². The first-order chi connectivity index (χ1) is 13.1. The van der Waals surface area contributed by atoms with E-state index in [4.69, 9.17) is 4.42 Å². The van der Waals surface area contributed by atoms with Gasteiger partial charge in [0.15, 0.2) is 0 Å². The fourth-order valence-electron chi connectivity index (χ4n) is 3.65. The Labute approximate surface area is 154 Å². The fraction of sp³-hybridized carbons (Fsp3) is 0.238. The second kappa shape index (κ2) is 5.94. The van der Waals surface area contributed by atoms with Crippen LogP contribution in [-0.2, 0) is 4.79 Å². The number of rotatable bonds is 4. The number of pyridine rings is 1. The first kappa shape index (κ1) is 16.1. The van der Waals surface area contributed by atoms with Crippen molar-refractivity contribution >= 4 is 22.4 Å². The highest BCUT2D eigenvalue weighted by Gasteiger charge is 2.46. The smallest absolute Gasteiger partial charge is 0.224 e. The number of furan rings is 1. The highest BCUT2D eigenvalue weighted by atomic mass is 19.1. The monoisotopic (exact) mass is 363 g/mol. The molecule has 1 N–H and O–H groups in total. The summed E-state index contributed by atoms with van der Waals surface area (Å²) < 4.78 is 21.1. The van der Waals surface area contributed by atoms with Gasteiger partial charge in [0.2, 0.25) is 5.91 Å². The molecule has 1 aliphatic rings. The number of hydrogen-bond donors (Lipinski definition) is 1. The summed E-state index contributed by atoms with van der Waals surface area (Å²) in [5.41, 5.74) is 1.64. The Balaban J connectivity index is 1.30. The van der Waals surface area contributed by atoms with Crippen molar-refractivity contribution in [1.29, 1.82) is 0 Å². The molecular formula is C21H18FN3O2. The second-order valence-corrected chi connectivity index (χ2v) is 7.12. The van der Waals surface area contributed by atoms with E-state index in [0.717, 1.165) is 17.8 Å². The number of imidazole rings is 1. The molecule has 5 nitrogen and oxygen atoms in total. The molecule has 1 aliphatic carbocycles. The number of amides is 1. The fourth-order valence-corrected chi connectivity index (χ4v) is 3.65. The molecule has 4 aromatic rings. The van der Waals surface area contributed by atoms with Crippen molar-refractivity contribution in [3.05, 3.63) is 72.3 Å². The lowest BCUT2D eigenvalue weighted by Crippen LogP contribution is -2.28. The van der Waals surface area contributed by atoms with Crippen LogP contribution in [0.4, 0.5) is 4.39 Å². The predicted molar refractivity (Wildman–Crippen MR) is 98.8 cm³/mol. The second-order valence-electron chi connectivity index (χ2n) is 7.12. The third-order valence-corrected chi connectivity index (χ3v) is 5.21. The number of nitrogens with zero attached hydrogens (tertiary/aromatic N) is 2. The van der Waals surface area contributed by atoms with Crippen molar-refractivity contribution in [2.45, 2.75) is 25.3 Å². The quantitative estimate of drug-likeness (QED) is 0.591. The molecule has 3 heterocycles. The highest BCUT2D eigenvalue weighted by Crippen LogP contribution is 2.47. The molecule has 0 radical (unpaired) electrons. The largest absolute Gasteiger partial charge is 0.459 e. The molecule has 5 rings (SSSR count).